The molecule has 0 unspecified atom stereocenters. The molecule has 2 heterocycles. The molecule has 92 valence electrons. The number of aromatic nitrogens is 3. The summed E-state index contributed by atoms with van der Waals surface area (Å²) in [4.78, 5) is 4.70. The van der Waals surface area contributed by atoms with E-state index in [1.807, 2.05) is 6.07 Å². The first-order valence-electron chi connectivity index (χ1n) is 6.17. The summed E-state index contributed by atoms with van der Waals surface area (Å²) in [5, 5.41) is 0. The molecule has 0 bridgehead atoms. The molecule has 0 saturated carbocycles. The highest BCUT2D eigenvalue weighted by molar-refractivity contribution is 5.81. The molecule has 0 N–H and O–H groups in total. The maximum absolute atomic E-state index is 4.70. The third-order valence-electron chi connectivity index (χ3n) is 3.38. The molecule has 2 aromatic heterocycles. The van der Waals surface area contributed by atoms with Crippen molar-refractivity contribution in [3.05, 3.63) is 41.2 Å². The van der Waals surface area contributed by atoms with Gasteiger partial charge in [0.05, 0.1) is 16.7 Å². The van der Waals surface area contributed by atoms with Gasteiger partial charge in [-0.3, -0.25) is 4.40 Å². The zero-order valence-corrected chi connectivity index (χ0v) is 11.2. The number of aryl methyl sites for hydroxylation is 1. The minimum absolute atomic E-state index is 1.00. The third-order valence-corrected chi connectivity index (χ3v) is 3.38. The SMILES string of the molecule is CC(C)=Cc1c(C)n(C)c2nc3ccccc3n12. The van der Waals surface area contributed by atoms with E-state index in [9.17, 15) is 0 Å². The average molecular weight is 239 g/mol. The number of rotatable bonds is 1. The second-order valence-electron chi connectivity index (χ2n) is 4.99. The average Bonchev–Trinajstić information content (AvgIpc) is 2.81. The molecule has 3 nitrogen and oxygen atoms in total. The van der Waals surface area contributed by atoms with Crippen molar-refractivity contribution in [2.45, 2.75) is 20.8 Å². The molecular weight excluding hydrogens is 222 g/mol. The van der Waals surface area contributed by atoms with Crippen molar-refractivity contribution in [2.75, 3.05) is 0 Å². The molecule has 18 heavy (non-hydrogen) atoms. The van der Waals surface area contributed by atoms with Gasteiger partial charge in [-0.05, 0) is 39.0 Å². The molecule has 0 atom stereocenters. The predicted molar refractivity (Wildman–Crippen MR) is 75.7 cm³/mol. The number of fused-ring (bicyclic) bond motifs is 3. The highest BCUT2D eigenvalue weighted by Gasteiger charge is 2.14. The molecule has 0 aliphatic heterocycles. The van der Waals surface area contributed by atoms with E-state index in [0.717, 1.165) is 11.3 Å². The van der Waals surface area contributed by atoms with Crippen LogP contribution in [0.2, 0.25) is 0 Å². The molecule has 0 aliphatic carbocycles. The van der Waals surface area contributed by atoms with Crippen molar-refractivity contribution in [2.24, 2.45) is 7.05 Å². The molecule has 1 aromatic carbocycles. The van der Waals surface area contributed by atoms with Crippen LogP contribution in [0.1, 0.15) is 25.2 Å². The Hall–Kier alpha value is -2.03. The van der Waals surface area contributed by atoms with Crippen molar-refractivity contribution < 1.29 is 0 Å². The molecular formula is C15H17N3. The monoisotopic (exact) mass is 239 g/mol. The molecule has 0 aliphatic rings. The van der Waals surface area contributed by atoms with E-state index < -0.39 is 0 Å². The van der Waals surface area contributed by atoms with Crippen molar-refractivity contribution in [3.63, 3.8) is 0 Å². The van der Waals surface area contributed by atoms with Gasteiger partial charge in [-0.2, -0.15) is 0 Å². The molecule has 0 fully saturated rings. The Labute approximate surface area is 106 Å². The van der Waals surface area contributed by atoms with Gasteiger partial charge in [0.1, 0.15) is 0 Å². The summed E-state index contributed by atoms with van der Waals surface area (Å²) in [6, 6.07) is 8.27. The normalized spacial score (nSPS) is 11.3. The van der Waals surface area contributed by atoms with Gasteiger partial charge in [-0.1, -0.05) is 17.7 Å². The maximum atomic E-state index is 4.70. The molecule has 0 saturated heterocycles. The van der Waals surface area contributed by atoms with Crippen LogP contribution >= 0.6 is 0 Å². The smallest absolute Gasteiger partial charge is 0.215 e. The lowest BCUT2D eigenvalue weighted by molar-refractivity contribution is 0.898. The van der Waals surface area contributed by atoms with Gasteiger partial charge in [0.15, 0.2) is 0 Å². The van der Waals surface area contributed by atoms with Gasteiger partial charge < -0.3 is 4.57 Å². The van der Waals surface area contributed by atoms with Crippen LogP contribution < -0.4 is 0 Å². The number of imidazole rings is 2. The molecule has 0 amide bonds. The molecule has 3 rings (SSSR count). The Balaban J connectivity index is 2.53. The van der Waals surface area contributed by atoms with E-state index in [1.54, 1.807) is 0 Å². The molecule has 3 aromatic rings. The first kappa shape index (κ1) is 11.1. The zero-order chi connectivity index (χ0) is 12.9. The van der Waals surface area contributed by atoms with Crippen molar-refractivity contribution >= 4 is 22.9 Å². The number of hydrogen-bond donors (Lipinski definition) is 0. The highest BCUT2D eigenvalue weighted by Crippen LogP contribution is 2.24. The largest absolute Gasteiger partial charge is 0.317 e. The fraction of sp³-hybridized carbons (Fsp3) is 0.267. The van der Waals surface area contributed by atoms with Crippen LogP contribution in [0.5, 0.6) is 0 Å². The third kappa shape index (κ3) is 1.40. The lowest BCUT2D eigenvalue weighted by atomic mass is 10.2. The molecule has 3 heteroatoms. The van der Waals surface area contributed by atoms with E-state index in [-0.39, 0.29) is 0 Å². The number of allylic oxidation sites excluding steroid dienone is 1. The van der Waals surface area contributed by atoms with Crippen LogP contribution in [0, 0.1) is 6.92 Å². The van der Waals surface area contributed by atoms with Crippen LogP contribution in [-0.4, -0.2) is 14.0 Å². The minimum atomic E-state index is 1.00. The van der Waals surface area contributed by atoms with E-state index in [2.05, 4.69) is 61.1 Å². The summed E-state index contributed by atoms with van der Waals surface area (Å²) in [7, 11) is 2.07. The fourth-order valence-electron chi connectivity index (χ4n) is 2.40. The van der Waals surface area contributed by atoms with Crippen LogP contribution in [-0.2, 0) is 7.05 Å². The number of benzene rings is 1. The Morgan fingerprint density at radius 3 is 2.67 bits per heavy atom. The fourth-order valence-corrected chi connectivity index (χ4v) is 2.40. The van der Waals surface area contributed by atoms with Gasteiger partial charge in [-0.15, -0.1) is 0 Å². The summed E-state index contributed by atoms with van der Waals surface area (Å²) in [6.07, 6.45) is 2.22. The van der Waals surface area contributed by atoms with Gasteiger partial charge in [-0.25, -0.2) is 4.98 Å². The quantitative estimate of drug-likeness (QED) is 0.636. The maximum Gasteiger partial charge on any atom is 0.215 e. The van der Waals surface area contributed by atoms with E-state index >= 15 is 0 Å². The van der Waals surface area contributed by atoms with Crippen molar-refractivity contribution in [1.29, 1.82) is 0 Å². The summed E-state index contributed by atoms with van der Waals surface area (Å²) < 4.78 is 4.38. The van der Waals surface area contributed by atoms with E-state index in [1.165, 1.54) is 22.5 Å². The van der Waals surface area contributed by atoms with Crippen LogP contribution in [0.4, 0.5) is 0 Å². The molecule has 0 spiro atoms. The Morgan fingerprint density at radius 2 is 1.94 bits per heavy atom. The second-order valence-corrected chi connectivity index (χ2v) is 4.99. The van der Waals surface area contributed by atoms with Crippen molar-refractivity contribution in [3.8, 4) is 0 Å². The summed E-state index contributed by atoms with van der Waals surface area (Å²) in [5.41, 5.74) is 5.98. The number of hydrogen-bond acceptors (Lipinski definition) is 1. The number of nitrogens with zero attached hydrogens (tertiary/aromatic N) is 3. The van der Waals surface area contributed by atoms with Gasteiger partial charge >= 0.3 is 0 Å². The minimum Gasteiger partial charge on any atom is -0.317 e. The van der Waals surface area contributed by atoms with Crippen LogP contribution in [0.15, 0.2) is 29.8 Å². The highest BCUT2D eigenvalue weighted by atomic mass is 15.2. The topological polar surface area (TPSA) is 22.2 Å². The first-order valence-corrected chi connectivity index (χ1v) is 6.17. The van der Waals surface area contributed by atoms with Gasteiger partial charge in [0, 0.05) is 12.7 Å². The Bertz CT molecular complexity index is 768. The van der Waals surface area contributed by atoms with Crippen LogP contribution in [0.25, 0.3) is 22.9 Å². The lowest BCUT2D eigenvalue weighted by Crippen LogP contribution is -1.91. The van der Waals surface area contributed by atoms with Gasteiger partial charge in [0.25, 0.3) is 0 Å². The standard InChI is InChI=1S/C15H17N3/c1-10(2)9-14-11(3)17(4)15-16-12-7-5-6-8-13(12)18(14)15/h5-9H,1-4H3. The Morgan fingerprint density at radius 1 is 1.22 bits per heavy atom. The van der Waals surface area contributed by atoms with Crippen molar-refractivity contribution in [1.82, 2.24) is 14.0 Å². The van der Waals surface area contributed by atoms with Crippen LogP contribution in [0.3, 0.4) is 0 Å². The van der Waals surface area contributed by atoms with Gasteiger partial charge in [0.2, 0.25) is 5.78 Å². The second kappa shape index (κ2) is 3.73. The summed E-state index contributed by atoms with van der Waals surface area (Å²) in [6.45, 7) is 6.38. The lowest BCUT2D eigenvalue weighted by Gasteiger charge is -1.99. The Kier molecular flexibility index (Phi) is 2.30. The summed E-state index contributed by atoms with van der Waals surface area (Å²) in [5.74, 6) is 1.00. The molecule has 0 radical (unpaired) electrons. The van der Waals surface area contributed by atoms with E-state index in [0.29, 0.717) is 0 Å². The first-order chi connectivity index (χ1) is 8.59. The summed E-state index contributed by atoms with van der Waals surface area (Å²) >= 11 is 0. The predicted octanol–water partition coefficient (Wildman–Crippen LogP) is 3.56. The number of para-hydroxylation sites is 2. The zero-order valence-electron chi connectivity index (χ0n) is 11.2. The van der Waals surface area contributed by atoms with E-state index in [4.69, 9.17) is 4.98 Å².